The minimum atomic E-state index is 0.311. The summed E-state index contributed by atoms with van der Waals surface area (Å²) in [5.74, 6) is 1.82. The highest BCUT2D eigenvalue weighted by atomic mass is 16.5. The molecule has 0 aromatic carbocycles. The third-order valence-electron chi connectivity index (χ3n) is 3.33. The van der Waals surface area contributed by atoms with Crippen LogP contribution >= 0.6 is 0 Å². The van der Waals surface area contributed by atoms with Crippen molar-refractivity contribution in [1.29, 1.82) is 0 Å². The van der Waals surface area contributed by atoms with Crippen LogP contribution in [0.25, 0.3) is 0 Å². The molecular weight excluding hydrogens is 228 g/mol. The Balaban J connectivity index is 2.18. The molecule has 1 aromatic rings. The van der Waals surface area contributed by atoms with Gasteiger partial charge in [-0.2, -0.15) is 0 Å². The van der Waals surface area contributed by atoms with Gasteiger partial charge >= 0.3 is 0 Å². The van der Waals surface area contributed by atoms with E-state index in [0.29, 0.717) is 17.8 Å². The molecule has 0 bridgehead atoms. The number of ether oxygens (including phenoxy) is 1. The lowest BCUT2D eigenvalue weighted by Crippen LogP contribution is -2.30. The summed E-state index contributed by atoms with van der Waals surface area (Å²) in [5, 5.41) is 0. The second-order valence-corrected chi connectivity index (χ2v) is 5.17. The van der Waals surface area contributed by atoms with Gasteiger partial charge in [0.15, 0.2) is 0 Å². The topological polar surface area (TPSA) is 64.3 Å². The lowest BCUT2D eigenvalue weighted by atomic mass is 10.0. The van der Waals surface area contributed by atoms with Crippen LogP contribution in [0.15, 0.2) is 6.33 Å². The molecule has 5 nitrogen and oxygen atoms in total. The Kier molecular flexibility index (Phi) is 4.01. The van der Waals surface area contributed by atoms with Crippen molar-refractivity contribution in [1.82, 2.24) is 9.97 Å². The van der Waals surface area contributed by atoms with Gasteiger partial charge in [0.1, 0.15) is 18.0 Å². The van der Waals surface area contributed by atoms with Crippen molar-refractivity contribution < 1.29 is 4.74 Å². The molecule has 2 heterocycles. The van der Waals surface area contributed by atoms with Crippen molar-refractivity contribution in [3.8, 4) is 0 Å². The van der Waals surface area contributed by atoms with E-state index < -0.39 is 0 Å². The van der Waals surface area contributed by atoms with E-state index in [4.69, 9.17) is 10.5 Å². The number of rotatable bonds is 4. The quantitative estimate of drug-likeness (QED) is 0.882. The molecule has 1 unspecified atom stereocenters. The summed E-state index contributed by atoms with van der Waals surface area (Å²) in [6, 6.07) is 0. The van der Waals surface area contributed by atoms with Crippen LogP contribution in [0, 0.1) is 0 Å². The Morgan fingerprint density at radius 2 is 2.28 bits per heavy atom. The first-order valence-corrected chi connectivity index (χ1v) is 6.52. The molecule has 1 fully saturated rings. The van der Waals surface area contributed by atoms with Crippen LogP contribution < -0.4 is 10.6 Å². The fourth-order valence-corrected chi connectivity index (χ4v) is 2.44. The number of anilines is 2. The lowest BCUT2D eigenvalue weighted by molar-refractivity contribution is 0.116. The Morgan fingerprint density at radius 1 is 1.50 bits per heavy atom. The number of nitrogen functional groups attached to an aromatic ring is 1. The van der Waals surface area contributed by atoms with E-state index in [-0.39, 0.29) is 0 Å². The molecule has 1 saturated heterocycles. The third-order valence-corrected chi connectivity index (χ3v) is 3.33. The molecule has 1 aliphatic heterocycles. The molecule has 5 heteroatoms. The Morgan fingerprint density at radius 3 is 2.89 bits per heavy atom. The molecule has 0 saturated carbocycles. The first-order valence-electron chi connectivity index (χ1n) is 6.52. The van der Waals surface area contributed by atoms with Crippen LogP contribution in [-0.2, 0) is 4.74 Å². The zero-order valence-electron chi connectivity index (χ0n) is 11.4. The third kappa shape index (κ3) is 2.72. The van der Waals surface area contributed by atoms with Gasteiger partial charge < -0.3 is 15.4 Å². The van der Waals surface area contributed by atoms with Crippen LogP contribution in [-0.4, -0.2) is 36.3 Å². The molecule has 1 atom stereocenters. The first-order chi connectivity index (χ1) is 8.59. The van der Waals surface area contributed by atoms with Gasteiger partial charge in [-0.05, 0) is 18.8 Å². The van der Waals surface area contributed by atoms with Crippen molar-refractivity contribution in [3.63, 3.8) is 0 Å². The van der Waals surface area contributed by atoms with Gasteiger partial charge in [-0.25, -0.2) is 9.97 Å². The standard InChI is InChI=1S/C13H22N4O/c1-9(2)11-12(14)15-8-16-13(11)17(3)7-10-5-4-6-18-10/h8-10H,4-7H2,1-3H3,(H2,14,15,16). The molecular formula is C13H22N4O. The van der Waals surface area contributed by atoms with E-state index >= 15 is 0 Å². The first kappa shape index (κ1) is 13.1. The van der Waals surface area contributed by atoms with Crippen molar-refractivity contribution in [2.45, 2.75) is 38.7 Å². The number of aromatic nitrogens is 2. The van der Waals surface area contributed by atoms with E-state index in [1.54, 1.807) is 0 Å². The highest BCUT2D eigenvalue weighted by Crippen LogP contribution is 2.29. The molecule has 1 aliphatic rings. The summed E-state index contributed by atoms with van der Waals surface area (Å²) in [6.45, 7) is 5.95. The van der Waals surface area contributed by atoms with Gasteiger partial charge in [0.25, 0.3) is 0 Å². The maximum absolute atomic E-state index is 5.96. The fraction of sp³-hybridized carbons (Fsp3) is 0.692. The molecule has 2 rings (SSSR count). The average Bonchev–Trinajstić information content (AvgIpc) is 2.80. The van der Waals surface area contributed by atoms with Gasteiger partial charge in [-0.15, -0.1) is 0 Å². The maximum atomic E-state index is 5.96. The van der Waals surface area contributed by atoms with Crippen LogP contribution in [0.1, 0.15) is 38.2 Å². The molecule has 0 spiro atoms. The summed E-state index contributed by atoms with van der Waals surface area (Å²) in [6.07, 6.45) is 4.12. The van der Waals surface area contributed by atoms with Gasteiger partial charge in [-0.3, -0.25) is 0 Å². The SMILES string of the molecule is CC(C)c1c(N)ncnc1N(C)CC1CCCO1. The van der Waals surface area contributed by atoms with Gasteiger partial charge in [-0.1, -0.05) is 13.8 Å². The molecule has 1 aromatic heterocycles. The highest BCUT2D eigenvalue weighted by Gasteiger charge is 2.21. The summed E-state index contributed by atoms with van der Waals surface area (Å²) in [7, 11) is 2.04. The summed E-state index contributed by atoms with van der Waals surface area (Å²) >= 11 is 0. The van der Waals surface area contributed by atoms with Crippen LogP contribution in [0.4, 0.5) is 11.6 Å². The predicted octanol–water partition coefficient (Wildman–Crippen LogP) is 1.80. The van der Waals surface area contributed by atoms with E-state index in [1.807, 2.05) is 7.05 Å². The van der Waals surface area contributed by atoms with Crippen LogP contribution in [0.3, 0.4) is 0 Å². The van der Waals surface area contributed by atoms with Crippen molar-refractivity contribution in [2.24, 2.45) is 0 Å². The number of likely N-dealkylation sites (N-methyl/N-ethyl adjacent to an activating group) is 1. The van der Waals surface area contributed by atoms with E-state index in [0.717, 1.165) is 37.4 Å². The summed E-state index contributed by atoms with van der Waals surface area (Å²) in [4.78, 5) is 10.6. The normalized spacial score (nSPS) is 19.4. The lowest BCUT2D eigenvalue weighted by Gasteiger charge is -2.25. The minimum Gasteiger partial charge on any atom is -0.383 e. The van der Waals surface area contributed by atoms with E-state index in [9.17, 15) is 0 Å². The number of nitrogens with two attached hydrogens (primary N) is 1. The van der Waals surface area contributed by atoms with Gasteiger partial charge in [0.05, 0.1) is 6.10 Å². The fourth-order valence-electron chi connectivity index (χ4n) is 2.44. The van der Waals surface area contributed by atoms with Crippen molar-refractivity contribution >= 4 is 11.6 Å². The largest absolute Gasteiger partial charge is 0.383 e. The van der Waals surface area contributed by atoms with Crippen molar-refractivity contribution in [2.75, 3.05) is 30.8 Å². The zero-order valence-corrected chi connectivity index (χ0v) is 11.4. The summed E-state index contributed by atoms with van der Waals surface area (Å²) < 4.78 is 5.66. The second kappa shape index (κ2) is 5.52. The molecule has 0 radical (unpaired) electrons. The van der Waals surface area contributed by atoms with E-state index in [1.165, 1.54) is 6.33 Å². The maximum Gasteiger partial charge on any atom is 0.137 e. The molecule has 18 heavy (non-hydrogen) atoms. The highest BCUT2D eigenvalue weighted by molar-refractivity contribution is 5.57. The number of hydrogen-bond donors (Lipinski definition) is 1. The van der Waals surface area contributed by atoms with Crippen LogP contribution in [0.5, 0.6) is 0 Å². The Hall–Kier alpha value is -1.36. The molecule has 0 aliphatic carbocycles. The smallest absolute Gasteiger partial charge is 0.137 e. The van der Waals surface area contributed by atoms with Crippen molar-refractivity contribution in [3.05, 3.63) is 11.9 Å². The minimum absolute atomic E-state index is 0.311. The average molecular weight is 250 g/mol. The monoisotopic (exact) mass is 250 g/mol. The number of nitrogens with zero attached hydrogens (tertiary/aromatic N) is 3. The zero-order chi connectivity index (χ0) is 13.1. The molecule has 100 valence electrons. The molecule has 0 amide bonds. The Bertz CT molecular complexity index is 402. The summed E-state index contributed by atoms with van der Waals surface area (Å²) in [5.41, 5.74) is 6.99. The van der Waals surface area contributed by atoms with Gasteiger partial charge in [0, 0.05) is 25.8 Å². The van der Waals surface area contributed by atoms with Gasteiger partial charge in [0.2, 0.25) is 0 Å². The molecule has 2 N–H and O–H groups in total. The number of hydrogen-bond acceptors (Lipinski definition) is 5. The Labute approximate surface area is 108 Å². The predicted molar refractivity (Wildman–Crippen MR) is 72.8 cm³/mol. The second-order valence-electron chi connectivity index (χ2n) is 5.17. The van der Waals surface area contributed by atoms with E-state index in [2.05, 4.69) is 28.7 Å². The van der Waals surface area contributed by atoms with Crippen LogP contribution in [0.2, 0.25) is 0 Å².